The third-order valence-electron chi connectivity index (χ3n) is 3.68. The molecule has 0 saturated heterocycles. The van der Waals surface area contributed by atoms with E-state index in [4.69, 9.17) is 27.9 Å². The number of alkyl halides is 3. The van der Waals surface area contributed by atoms with Crippen LogP contribution in [-0.2, 0) is 9.53 Å². The molecular weight excluding hydrogens is 438 g/mol. The van der Waals surface area contributed by atoms with Crippen LogP contribution in [0.4, 0.5) is 19.0 Å². The van der Waals surface area contributed by atoms with E-state index in [0.717, 1.165) is 19.4 Å². The maximum absolute atomic E-state index is 14.1. The van der Waals surface area contributed by atoms with E-state index in [1.54, 1.807) is 5.32 Å². The summed E-state index contributed by atoms with van der Waals surface area (Å²) in [5.41, 5.74) is -3.95. The Morgan fingerprint density at radius 2 is 1.79 bits per heavy atom. The number of para-hydroxylation sites is 1. The SMILES string of the molecule is COC(=O)C(NC(=O)c1ccccc1OC)(Nc1ncc(Cl)cc1Cl)C(F)(F)F. The largest absolute Gasteiger partial charge is 0.496 e. The quantitative estimate of drug-likeness (QED) is 0.514. The monoisotopic (exact) mass is 451 g/mol. The molecule has 1 aromatic carbocycles. The van der Waals surface area contributed by atoms with Crippen LogP contribution in [0, 0.1) is 0 Å². The zero-order valence-electron chi connectivity index (χ0n) is 14.9. The molecule has 1 heterocycles. The van der Waals surface area contributed by atoms with Gasteiger partial charge in [0.15, 0.2) is 0 Å². The number of carbonyl (C=O) groups is 2. The maximum Gasteiger partial charge on any atom is 0.441 e. The van der Waals surface area contributed by atoms with Crippen molar-refractivity contribution in [2.75, 3.05) is 19.5 Å². The number of anilines is 1. The lowest BCUT2D eigenvalue weighted by Gasteiger charge is -2.34. The molecule has 29 heavy (non-hydrogen) atoms. The molecule has 0 spiro atoms. The number of rotatable bonds is 6. The van der Waals surface area contributed by atoms with Gasteiger partial charge < -0.3 is 20.1 Å². The number of halogens is 5. The van der Waals surface area contributed by atoms with Crippen molar-refractivity contribution in [3.8, 4) is 5.75 Å². The molecule has 2 N–H and O–H groups in total. The third-order valence-corrected chi connectivity index (χ3v) is 4.18. The van der Waals surface area contributed by atoms with Gasteiger partial charge in [-0.1, -0.05) is 35.3 Å². The number of carbonyl (C=O) groups excluding carboxylic acids is 2. The highest BCUT2D eigenvalue weighted by Gasteiger charge is 2.64. The fraction of sp³-hybridized carbons (Fsp3) is 0.235. The van der Waals surface area contributed by atoms with Crippen LogP contribution in [0.25, 0.3) is 0 Å². The molecule has 2 aromatic rings. The first-order valence-electron chi connectivity index (χ1n) is 7.75. The predicted octanol–water partition coefficient (Wildman–Crippen LogP) is 3.67. The number of esters is 1. The first-order chi connectivity index (χ1) is 13.6. The van der Waals surface area contributed by atoms with E-state index in [1.165, 1.54) is 31.4 Å². The molecule has 0 aliphatic rings. The Hall–Kier alpha value is -2.72. The minimum atomic E-state index is -5.36. The Bertz CT molecular complexity index is 927. The fourth-order valence-electron chi connectivity index (χ4n) is 2.30. The van der Waals surface area contributed by atoms with E-state index < -0.39 is 29.5 Å². The maximum atomic E-state index is 14.1. The molecule has 1 unspecified atom stereocenters. The number of nitrogens with zero attached hydrogens (tertiary/aromatic N) is 1. The highest BCUT2D eigenvalue weighted by Crippen LogP contribution is 2.35. The zero-order chi connectivity index (χ0) is 21.8. The number of pyridine rings is 1. The molecule has 7 nitrogen and oxygen atoms in total. The van der Waals surface area contributed by atoms with Gasteiger partial charge in [0.25, 0.3) is 5.91 Å². The molecule has 1 amide bonds. The summed E-state index contributed by atoms with van der Waals surface area (Å²) in [4.78, 5) is 28.5. The van der Waals surface area contributed by atoms with Crippen molar-refractivity contribution in [1.82, 2.24) is 10.3 Å². The van der Waals surface area contributed by atoms with Gasteiger partial charge in [0.05, 0.1) is 29.8 Å². The van der Waals surface area contributed by atoms with Crippen molar-refractivity contribution in [2.45, 2.75) is 11.8 Å². The summed E-state index contributed by atoms with van der Waals surface area (Å²) < 4.78 is 51.5. The molecule has 0 aliphatic heterocycles. The Kier molecular flexibility index (Phi) is 6.81. The second-order valence-corrected chi connectivity index (χ2v) is 6.35. The van der Waals surface area contributed by atoms with Gasteiger partial charge in [-0.25, -0.2) is 9.78 Å². The van der Waals surface area contributed by atoms with Gasteiger partial charge in [-0.05, 0) is 18.2 Å². The van der Waals surface area contributed by atoms with Crippen LogP contribution < -0.4 is 15.4 Å². The lowest BCUT2D eigenvalue weighted by molar-refractivity contribution is -0.203. The molecule has 156 valence electrons. The molecular formula is C17H14Cl2F3N3O4. The molecule has 0 saturated carbocycles. The van der Waals surface area contributed by atoms with Gasteiger partial charge in [-0.15, -0.1) is 0 Å². The fourth-order valence-corrected chi connectivity index (χ4v) is 2.73. The highest BCUT2D eigenvalue weighted by atomic mass is 35.5. The minimum Gasteiger partial charge on any atom is -0.496 e. The van der Waals surface area contributed by atoms with E-state index >= 15 is 0 Å². The van der Waals surface area contributed by atoms with Crippen molar-refractivity contribution < 1.29 is 32.2 Å². The molecule has 2 rings (SSSR count). The van der Waals surface area contributed by atoms with Crippen LogP contribution in [0.5, 0.6) is 5.75 Å². The number of hydrogen-bond donors (Lipinski definition) is 2. The van der Waals surface area contributed by atoms with Gasteiger partial charge in [-0.3, -0.25) is 4.79 Å². The summed E-state index contributed by atoms with van der Waals surface area (Å²) in [6.45, 7) is 0. The number of ether oxygens (including phenoxy) is 2. The van der Waals surface area contributed by atoms with E-state index in [-0.39, 0.29) is 21.4 Å². The lowest BCUT2D eigenvalue weighted by atomic mass is 10.1. The number of benzene rings is 1. The Morgan fingerprint density at radius 1 is 1.14 bits per heavy atom. The summed E-state index contributed by atoms with van der Waals surface area (Å²) in [5.74, 6) is -3.67. The van der Waals surface area contributed by atoms with Crippen molar-refractivity contribution >= 4 is 40.9 Å². The summed E-state index contributed by atoms with van der Waals surface area (Å²) >= 11 is 11.6. The average Bonchev–Trinajstić information content (AvgIpc) is 2.67. The van der Waals surface area contributed by atoms with Crippen LogP contribution in [0.15, 0.2) is 36.5 Å². The van der Waals surface area contributed by atoms with Gasteiger partial charge >= 0.3 is 17.8 Å². The molecule has 0 radical (unpaired) electrons. The number of hydrogen-bond acceptors (Lipinski definition) is 6. The first kappa shape index (κ1) is 22.6. The molecule has 1 aromatic heterocycles. The Balaban J connectivity index is 2.57. The summed E-state index contributed by atoms with van der Waals surface area (Å²) in [6, 6.07) is 6.63. The summed E-state index contributed by atoms with van der Waals surface area (Å²) in [6.07, 6.45) is -4.35. The Morgan fingerprint density at radius 3 is 2.34 bits per heavy atom. The number of aromatic nitrogens is 1. The van der Waals surface area contributed by atoms with Crippen LogP contribution in [0.3, 0.4) is 0 Å². The normalized spacial score (nSPS) is 13.2. The van der Waals surface area contributed by atoms with Crippen molar-refractivity contribution in [2.24, 2.45) is 0 Å². The van der Waals surface area contributed by atoms with Gasteiger partial charge in [0.1, 0.15) is 11.6 Å². The lowest BCUT2D eigenvalue weighted by Crippen LogP contribution is -2.69. The van der Waals surface area contributed by atoms with Crippen LogP contribution >= 0.6 is 23.2 Å². The summed E-state index contributed by atoms with van der Waals surface area (Å²) in [5, 5.41) is 3.22. The molecule has 0 aliphatic carbocycles. The highest BCUT2D eigenvalue weighted by molar-refractivity contribution is 6.36. The second kappa shape index (κ2) is 8.75. The molecule has 0 bridgehead atoms. The zero-order valence-corrected chi connectivity index (χ0v) is 16.4. The van der Waals surface area contributed by atoms with Crippen molar-refractivity contribution in [3.05, 3.63) is 52.1 Å². The minimum absolute atomic E-state index is 0.00593. The van der Waals surface area contributed by atoms with Crippen LogP contribution in [0.2, 0.25) is 10.0 Å². The summed E-state index contributed by atoms with van der Waals surface area (Å²) in [7, 11) is 1.97. The Labute approximate surface area is 173 Å². The predicted molar refractivity (Wildman–Crippen MR) is 99.1 cm³/mol. The van der Waals surface area contributed by atoms with E-state index in [1.807, 2.05) is 5.32 Å². The van der Waals surface area contributed by atoms with Crippen LogP contribution in [0.1, 0.15) is 10.4 Å². The van der Waals surface area contributed by atoms with E-state index in [0.29, 0.717) is 0 Å². The van der Waals surface area contributed by atoms with Gasteiger partial charge in [-0.2, -0.15) is 13.2 Å². The standard InChI is InChI=1S/C17H14Cl2F3N3O4/c1-28-12-6-4-3-5-10(12)14(26)25-16(15(27)29-2,17(20,21)22)24-13-11(19)7-9(18)8-23-13/h3-8H,1-2H3,(H,23,24)(H,25,26). The molecule has 0 fully saturated rings. The smallest absolute Gasteiger partial charge is 0.441 e. The first-order valence-corrected chi connectivity index (χ1v) is 8.51. The average molecular weight is 452 g/mol. The van der Waals surface area contributed by atoms with E-state index in [9.17, 15) is 22.8 Å². The topological polar surface area (TPSA) is 89.5 Å². The number of amides is 1. The number of methoxy groups -OCH3 is 2. The second-order valence-electron chi connectivity index (χ2n) is 5.50. The van der Waals surface area contributed by atoms with Gasteiger partial charge in [0, 0.05) is 6.20 Å². The van der Waals surface area contributed by atoms with E-state index in [2.05, 4.69) is 9.72 Å². The van der Waals surface area contributed by atoms with Crippen LogP contribution in [-0.4, -0.2) is 42.9 Å². The van der Waals surface area contributed by atoms with Gasteiger partial charge in [0.2, 0.25) is 0 Å². The van der Waals surface area contributed by atoms with Crippen molar-refractivity contribution in [3.63, 3.8) is 0 Å². The number of nitrogens with one attached hydrogen (secondary N) is 2. The molecule has 1 atom stereocenters. The third kappa shape index (κ3) is 4.65. The molecule has 12 heteroatoms. The van der Waals surface area contributed by atoms with Crippen molar-refractivity contribution in [1.29, 1.82) is 0 Å².